The number of ether oxygens (including phenoxy) is 1. The van der Waals surface area contributed by atoms with Crippen LogP contribution in [-0.2, 0) is 22.4 Å². The van der Waals surface area contributed by atoms with Crippen molar-refractivity contribution in [3.05, 3.63) is 130 Å². The van der Waals surface area contributed by atoms with Crippen molar-refractivity contribution in [3.63, 3.8) is 0 Å². The standard InChI is InChI=1S/C33H31ClN2O5/c34-26-15-10-23(11-16-26)14-19-31(37)35-20-21-41-27-17-12-24(13-18-27)22-30(33(39)40)36-29-9-5-4-8-28(29)32(38)25-6-2-1-3-7-25/h1-13,15-18,30,36H,14,19-22H2,(H,35,37)(H,39,40)/t30-/m0/s1. The predicted octanol–water partition coefficient (Wildman–Crippen LogP) is 5.81. The normalized spacial score (nSPS) is 11.3. The first-order chi connectivity index (χ1) is 19.9. The molecule has 4 rings (SSSR count). The largest absolute Gasteiger partial charge is 0.492 e. The zero-order valence-electron chi connectivity index (χ0n) is 22.4. The van der Waals surface area contributed by atoms with Crippen LogP contribution in [0.1, 0.15) is 33.5 Å². The third kappa shape index (κ3) is 8.95. The Bertz CT molecular complexity index is 1460. The SMILES string of the molecule is O=C(CCc1ccc(Cl)cc1)NCCOc1ccc(C[C@H](Nc2ccccc2C(=O)c2ccccc2)C(=O)O)cc1. The lowest BCUT2D eigenvalue weighted by atomic mass is 10.00. The maximum atomic E-state index is 13.0. The molecule has 0 aliphatic rings. The average molecular weight is 571 g/mol. The fraction of sp³-hybridized carbons (Fsp3) is 0.182. The topological polar surface area (TPSA) is 105 Å². The fourth-order valence-electron chi connectivity index (χ4n) is 4.25. The zero-order chi connectivity index (χ0) is 29.0. The molecule has 3 N–H and O–H groups in total. The van der Waals surface area contributed by atoms with Crippen molar-refractivity contribution in [3.8, 4) is 5.75 Å². The minimum Gasteiger partial charge on any atom is -0.492 e. The van der Waals surface area contributed by atoms with Crippen LogP contribution in [-0.4, -0.2) is 42.0 Å². The Morgan fingerprint density at radius 3 is 2.17 bits per heavy atom. The van der Waals surface area contributed by atoms with Crippen molar-refractivity contribution in [1.29, 1.82) is 0 Å². The van der Waals surface area contributed by atoms with Gasteiger partial charge in [-0.1, -0.05) is 78.3 Å². The van der Waals surface area contributed by atoms with E-state index in [1.165, 1.54) is 0 Å². The molecule has 0 saturated carbocycles. The van der Waals surface area contributed by atoms with Crippen LogP contribution < -0.4 is 15.4 Å². The van der Waals surface area contributed by atoms with E-state index in [0.29, 0.717) is 53.6 Å². The van der Waals surface area contributed by atoms with Crippen molar-refractivity contribution in [1.82, 2.24) is 5.32 Å². The Morgan fingerprint density at radius 1 is 0.805 bits per heavy atom. The quantitative estimate of drug-likeness (QED) is 0.131. The van der Waals surface area contributed by atoms with Crippen LogP contribution in [0, 0.1) is 0 Å². The van der Waals surface area contributed by atoms with Crippen LogP contribution in [0.4, 0.5) is 5.69 Å². The summed E-state index contributed by atoms with van der Waals surface area (Å²) in [5, 5.41) is 16.4. The van der Waals surface area contributed by atoms with Gasteiger partial charge in [-0.15, -0.1) is 0 Å². The predicted molar refractivity (Wildman–Crippen MR) is 160 cm³/mol. The molecular weight excluding hydrogens is 540 g/mol. The van der Waals surface area contributed by atoms with Gasteiger partial charge < -0.3 is 20.5 Å². The highest BCUT2D eigenvalue weighted by molar-refractivity contribution is 6.30. The zero-order valence-corrected chi connectivity index (χ0v) is 23.1. The second kappa shape index (κ2) is 14.7. The number of aryl methyl sites for hydroxylation is 1. The number of anilines is 1. The molecule has 0 fully saturated rings. The van der Waals surface area contributed by atoms with E-state index in [1.54, 1.807) is 84.9 Å². The molecule has 0 saturated heterocycles. The van der Waals surface area contributed by atoms with E-state index in [-0.39, 0.29) is 18.1 Å². The summed E-state index contributed by atoms with van der Waals surface area (Å²) in [5.41, 5.74) is 3.24. The van der Waals surface area contributed by atoms with Crippen molar-refractivity contribution < 1.29 is 24.2 Å². The van der Waals surface area contributed by atoms with Crippen LogP contribution in [0.5, 0.6) is 5.75 Å². The summed E-state index contributed by atoms with van der Waals surface area (Å²) >= 11 is 5.88. The Kier molecular flexibility index (Phi) is 10.5. The highest BCUT2D eigenvalue weighted by Crippen LogP contribution is 2.22. The number of ketones is 1. The van der Waals surface area contributed by atoms with Crippen molar-refractivity contribution in [2.45, 2.75) is 25.3 Å². The number of rotatable bonds is 14. The number of carboxylic acids is 1. The molecular formula is C33H31ClN2O5. The number of benzene rings is 4. The second-order valence-corrected chi connectivity index (χ2v) is 9.89. The molecule has 0 aliphatic heterocycles. The van der Waals surface area contributed by atoms with Crippen LogP contribution in [0.25, 0.3) is 0 Å². The molecule has 1 atom stereocenters. The van der Waals surface area contributed by atoms with Crippen LogP contribution >= 0.6 is 11.6 Å². The molecule has 210 valence electrons. The van der Waals surface area contributed by atoms with Crippen molar-refractivity contribution in [2.24, 2.45) is 0 Å². The molecule has 1 amide bonds. The van der Waals surface area contributed by atoms with Gasteiger partial charge in [0.15, 0.2) is 5.78 Å². The highest BCUT2D eigenvalue weighted by atomic mass is 35.5. The monoisotopic (exact) mass is 570 g/mol. The molecule has 0 heterocycles. The molecule has 8 heteroatoms. The highest BCUT2D eigenvalue weighted by Gasteiger charge is 2.21. The number of hydrogen-bond donors (Lipinski definition) is 3. The number of carboxylic acid groups (broad SMARTS) is 1. The maximum Gasteiger partial charge on any atom is 0.326 e. The van der Waals surface area contributed by atoms with Crippen LogP contribution in [0.15, 0.2) is 103 Å². The number of para-hydroxylation sites is 1. The lowest BCUT2D eigenvalue weighted by Crippen LogP contribution is -2.32. The average Bonchev–Trinajstić information content (AvgIpc) is 2.99. The number of carbonyl (C=O) groups excluding carboxylic acids is 2. The number of aliphatic carboxylic acids is 1. The Labute approximate surface area is 244 Å². The summed E-state index contributed by atoms with van der Waals surface area (Å²) in [6.07, 6.45) is 1.21. The fourth-order valence-corrected chi connectivity index (χ4v) is 4.38. The van der Waals surface area contributed by atoms with Gasteiger partial charge >= 0.3 is 5.97 Å². The van der Waals surface area contributed by atoms with Gasteiger partial charge in [-0.2, -0.15) is 0 Å². The third-order valence-corrected chi connectivity index (χ3v) is 6.70. The van der Waals surface area contributed by atoms with E-state index in [0.717, 1.165) is 11.1 Å². The van der Waals surface area contributed by atoms with E-state index in [2.05, 4.69) is 10.6 Å². The molecule has 41 heavy (non-hydrogen) atoms. The first-order valence-corrected chi connectivity index (χ1v) is 13.7. The number of nitrogens with one attached hydrogen (secondary N) is 2. The minimum absolute atomic E-state index is 0.0573. The van der Waals surface area contributed by atoms with Crippen LogP contribution in [0.2, 0.25) is 5.02 Å². The summed E-state index contributed by atoms with van der Waals surface area (Å²) in [5.74, 6) is -0.655. The summed E-state index contributed by atoms with van der Waals surface area (Å²) in [6, 6.07) is 29.4. The van der Waals surface area contributed by atoms with Gasteiger partial charge in [0.1, 0.15) is 18.4 Å². The van der Waals surface area contributed by atoms with Gasteiger partial charge in [-0.3, -0.25) is 9.59 Å². The molecule has 0 unspecified atom stereocenters. The molecule has 4 aromatic rings. The van der Waals surface area contributed by atoms with Crippen molar-refractivity contribution >= 4 is 34.9 Å². The lowest BCUT2D eigenvalue weighted by Gasteiger charge is -2.18. The van der Waals surface area contributed by atoms with Crippen molar-refractivity contribution in [2.75, 3.05) is 18.5 Å². The van der Waals surface area contributed by atoms with Gasteiger partial charge in [-0.25, -0.2) is 4.79 Å². The molecule has 0 spiro atoms. The van der Waals surface area contributed by atoms with Gasteiger partial charge in [0, 0.05) is 34.7 Å². The molecule has 4 aromatic carbocycles. The van der Waals surface area contributed by atoms with E-state index in [1.807, 2.05) is 18.2 Å². The van der Waals surface area contributed by atoms with E-state index in [4.69, 9.17) is 16.3 Å². The summed E-state index contributed by atoms with van der Waals surface area (Å²) in [6.45, 7) is 0.672. The minimum atomic E-state index is -1.03. The molecule has 0 aliphatic carbocycles. The van der Waals surface area contributed by atoms with Gasteiger partial charge in [-0.05, 0) is 53.9 Å². The summed E-state index contributed by atoms with van der Waals surface area (Å²) in [4.78, 5) is 37.2. The first-order valence-electron chi connectivity index (χ1n) is 13.3. The third-order valence-electron chi connectivity index (χ3n) is 6.45. The van der Waals surface area contributed by atoms with E-state index < -0.39 is 12.0 Å². The first kappa shape index (κ1) is 29.4. The number of hydrogen-bond acceptors (Lipinski definition) is 5. The molecule has 0 aromatic heterocycles. The maximum absolute atomic E-state index is 13.0. The second-order valence-electron chi connectivity index (χ2n) is 9.45. The van der Waals surface area contributed by atoms with Gasteiger partial charge in [0.05, 0.1) is 6.54 Å². The smallest absolute Gasteiger partial charge is 0.326 e. The molecule has 0 bridgehead atoms. The van der Waals surface area contributed by atoms with Crippen LogP contribution in [0.3, 0.4) is 0 Å². The summed E-state index contributed by atoms with van der Waals surface area (Å²) < 4.78 is 5.72. The number of halogens is 1. The van der Waals surface area contributed by atoms with Gasteiger partial charge in [0.2, 0.25) is 5.91 Å². The Balaban J connectivity index is 1.26. The van der Waals surface area contributed by atoms with Gasteiger partial charge in [0.25, 0.3) is 0 Å². The Hall–Kier alpha value is -4.62. The van der Waals surface area contributed by atoms with E-state index in [9.17, 15) is 19.5 Å². The summed E-state index contributed by atoms with van der Waals surface area (Å²) in [7, 11) is 0. The van der Waals surface area contributed by atoms with E-state index >= 15 is 0 Å². The Morgan fingerprint density at radius 2 is 1.46 bits per heavy atom. The molecule has 7 nitrogen and oxygen atoms in total. The lowest BCUT2D eigenvalue weighted by molar-refractivity contribution is -0.137. The molecule has 0 radical (unpaired) electrons. The number of carbonyl (C=O) groups is 3. The number of amides is 1.